The number of amides is 1. The van der Waals surface area contributed by atoms with Crippen molar-refractivity contribution in [3.63, 3.8) is 0 Å². The summed E-state index contributed by atoms with van der Waals surface area (Å²) in [4.78, 5) is 21.4. The standard InChI is InChI=1S/C17H25N5OS/c1-10-5-7-13(8-6-10)19-15(23)9-14-11(2)18-16-20-17(24-4)21-22(16)12(14)3/h10,13H,5-9H2,1-4H3,(H,19,23). The van der Waals surface area contributed by atoms with Crippen molar-refractivity contribution in [3.05, 3.63) is 17.0 Å². The van der Waals surface area contributed by atoms with Gasteiger partial charge in [0.15, 0.2) is 0 Å². The number of carbonyl (C=O) groups excluding carboxylic acids is 1. The molecular formula is C17H25N5OS. The molecule has 2 aromatic heterocycles. The Morgan fingerprint density at radius 1 is 1.25 bits per heavy atom. The molecule has 3 rings (SSSR count). The molecule has 0 aliphatic heterocycles. The molecule has 0 bridgehead atoms. The molecule has 2 aromatic rings. The van der Waals surface area contributed by atoms with E-state index in [1.54, 1.807) is 4.52 Å². The van der Waals surface area contributed by atoms with Gasteiger partial charge in [0.05, 0.1) is 6.42 Å². The van der Waals surface area contributed by atoms with Gasteiger partial charge in [-0.25, -0.2) is 9.50 Å². The Morgan fingerprint density at radius 2 is 1.96 bits per heavy atom. The van der Waals surface area contributed by atoms with Gasteiger partial charge in [0.2, 0.25) is 11.1 Å². The van der Waals surface area contributed by atoms with Gasteiger partial charge in [0.25, 0.3) is 5.78 Å². The molecule has 0 unspecified atom stereocenters. The minimum Gasteiger partial charge on any atom is -0.353 e. The van der Waals surface area contributed by atoms with Gasteiger partial charge in [0.1, 0.15) is 0 Å². The zero-order valence-electron chi connectivity index (χ0n) is 14.8. The highest BCUT2D eigenvalue weighted by Gasteiger charge is 2.21. The lowest BCUT2D eigenvalue weighted by atomic mass is 9.87. The van der Waals surface area contributed by atoms with E-state index in [4.69, 9.17) is 0 Å². The minimum atomic E-state index is 0.0760. The van der Waals surface area contributed by atoms with Crippen LogP contribution in [-0.4, -0.2) is 37.8 Å². The van der Waals surface area contributed by atoms with Gasteiger partial charge in [0, 0.05) is 23.0 Å². The first kappa shape index (κ1) is 17.2. The summed E-state index contributed by atoms with van der Waals surface area (Å²) >= 11 is 1.49. The summed E-state index contributed by atoms with van der Waals surface area (Å²) in [7, 11) is 0. The van der Waals surface area contributed by atoms with Crippen molar-refractivity contribution in [1.29, 1.82) is 0 Å². The molecule has 0 radical (unpaired) electrons. The van der Waals surface area contributed by atoms with E-state index in [0.29, 0.717) is 23.4 Å². The summed E-state index contributed by atoms with van der Waals surface area (Å²) in [5, 5.41) is 8.33. The number of nitrogens with zero attached hydrogens (tertiary/aromatic N) is 4. The second-order valence-corrected chi connectivity index (χ2v) is 7.55. The molecule has 1 fully saturated rings. The van der Waals surface area contributed by atoms with Gasteiger partial charge >= 0.3 is 0 Å². The van der Waals surface area contributed by atoms with Crippen LogP contribution in [0.25, 0.3) is 5.78 Å². The number of aromatic nitrogens is 4. The Bertz CT molecular complexity index is 749. The Balaban J connectivity index is 1.75. The van der Waals surface area contributed by atoms with Crippen molar-refractivity contribution in [2.45, 2.75) is 64.1 Å². The third-order valence-electron chi connectivity index (χ3n) is 4.93. The number of aryl methyl sites for hydroxylation is 2. The van der Waals surface area contributed by atoms with Gasteiger partial charge in [-0.1, -0.05) is 18.7 Å². The van der Waals surface area contributed by atoms with E-state index < -0.39 is 0 Å². The summed E-state index contributed by atoms with van der Waals surface area (Å²) in [5.74, 6) is 1.46. The van der Waals surface area contributed by atoms with Gasteiger partial charge in [-0.2, -0.15) is 4.98 Å². The molecule has 0 aromatic carbocycles. The van der Waals surface area contributed by atoms with E-state index in [1.807, 2.05) is 20.1 Å². The highest BCUT2D eigenvalue weighted by Crippen LogP contribution is 2.23. The predicted octanol–water partition coefficient (Wildman–Crippen LogP) is 2.70. The van der Waals surface area contributed by atoms with Crippen molar-refractivity contribution >= 4 is 23.4 Å². The SMILES string of the molecule is CSc1nc2nc(C)c(CC(=O)NC3CCC(C)CC3)c(C)n2n1. The molecule has 24 heavy (non-hydrogen) atoms. The molecule has 1 amide bonds. The number of fused-ring (bicyclic) bond motifs is 1. The van der Waals surface area contributed by atoms with Crippen LogP contribution < -0.4 is 5.32 Å². The van der Waals surface area contributed by atoms with Crippen LogP contribution in [0, 0.1) is 19.8 Å². The zero-order chi connectivity index (χ0) is 17.3. The van der Waals surface area contributed by atoms with Crippen molar-refractivity contribution in [1.82, 2.24) is 24.9 Å². The normalized spacial score (nSPS) is 21.2. The Kier molecular flexibility index (Phi) is 5.08. The average Bonchev–Trinajstić information content (AvgIpc) is 2.97. The third kappa shape index (κ3) is 3.55. The van der Waals surface area contributed by atoms with Crippen molar-refractivity contribution < 1.29 is 4.79 Å². The number of carbonyl (C=O) groups is 1. The summed E-state index contributed by atoms with van der Waals surface area (Å²) in [5.41, 5.74) is 2.74. The summed E-state index contributed by atoms with van der Waals surface area (Å²) in [6.07, 6.45) is 6.86. The molecule has 7 heteroatoms. The lowest BCUT2D eigenvalue weighted by Gasteiger charge is -2.27. The molecule has 130 valence electrons. The molecule has 1 N–H and O–H groups in total. The van der Waals surface area contributed by atoms with Crippen LogP contribution >= 0.6 is 11.8 Å². The molecule has 1 saturated carbocycles. The third-order valence-corrected chi connectivity index (χ3v) is 5.47. The second-order valence-electron chi connectivity index (χ2n) is 6.77. The smallest absolute Gasteiger partial charge is 0.253 e. The second kappa shape index (κ2) is 7.09. The summed E-state index contributed by atoms with van der Waals surface area (Å²) < 4.78 is 1.74. The van der Waals surface area contributed by atoms with Crippen LogP contribution in [0.1, 0.15) is 49.6 Å². The van der Waals surface area contributed by atoms with Crippen LogP contribution in [0.5, 0.6) is 0 Å². The van der Waals surface area contributed by atoms with Crippen LogP contribution in [0.4, 0.5) is 0 Å². The maximum atomic E-state index is 12.5. The minimum absolute atomic E-state index is 0.0760. The van der Waals surface area contributed by atoms with Crippen LogP contribution in [0.3, 0.4) is 0 Å². The number of thioether (sulfide) groups is 1. The van der Waals surface area contributed by atoms with E-state index in [1.165, 1.54) is 24.6 Å². The van der Waals surface area contributed by atoms with E-state index in [0.717, 1.165) is 35.7 Å². The van der Waals surface area contributed by atoms with E-state index in [9.17, 15) is 4.79 Å². The first-order valence-electron chi connectivity index (χ1n) is 8.54. The van der Waals surface area contributed by atoms with E-state index >= 15 is 0 Å². The fraction of sp³-hybridized carbons (Fsp3) is 0.647. The molecule has 2 heterocycles. The Labute approximate surface area is 146 Å². The monoisotopic (exact) mass is 347 g/mol. The van der Waals surface area contributed by atoms with Crippen molar-refractivity contribution in [3.8, 4) is 0 Å². The van der Waals surface area contributed by atoms with Crippen molar-refractivity contribution in [2.75, 3.05) is 6.26 Å². The van der Waals surface area contributed by atoms with E-state index in [-0.39, 0.29) is 5.91 Å². The molecule has 6 nitrogen and oxygen atoms in total. The highest BCUT2D eigenvalue weighted by molar-refractivity contribution is 7.98. The molecule has 1 aliphatic carbocycles. The summed E-state index contributed by atoms with van der Waals surface area (Å²) in [6.45, 7) is 6.20. The summed E-state index contributed by atoms with van der Waals surface area (Å²) in [6, 6.07) is 0.320. The van der Waals surface area contributed by atoms with E-state index in [2.05, 4.69) is 27.3 Å². The van der Waals surface area contributed by atoms with Crippen LogP contribution in [0.2, 0.25) is 0 Å². The maximum Gasteiger partial charge on any atom is 0.253 e. The number of nitrogens with one attached hydrogen (secondary N) is 1. The highest BCUT2D eigenvalue weighted by atomic mass is 32.2. The molecule has 0 spiro atoms. The average molecular weight is 347 g/mol. The van der Waals surface area contributed by atoms with Crippen LogP contribution in [-0.2, 0) is 11.2 Å². The molecular weight excluding hydrogens is 322 g/mol. The molecule has 0 atom stereocenters. The number of hydrogen-bond donors (Lipinski definition) is 1. The van der Waals surface area contributed by atoms with Crippen molar-refractivity contribution in [2.24, 2.45) is 5.92 Å². The predicted molar refractivity (Wildman–Crippen MR) is 95.3 cm³/mol. The number of rotatable bonds is 4. The Hall–Kier alpha value is -1.63. The fourth-order valence-corrected chi connectivity index (χ4v) is 3.71. The zero-order valence-corrected chi connectivity index (χ0v) is 15.6. The molecule has 0 saturated heterocycles. The van der Waals surface area contributed by atoms with Gasteiger partial charge in [-0.15, -0.1) is 5.10 Å². The Morgan fingerprint density at radius 3 is 2.62 bits per heavy atom. The largest absolute Gasteiger partial charge is 0.353 e. The lowest BCUT2D eigenvalue weighted by Crippen LogP contribution is -2.38. The van der Waals surface area contributed by atoms with Gasteiger partial charge in [-0.3, -0.25) is 4.79 Å². The fourth-order valence-electron chi connectivity index (χ4n) is 3.38. The number of hydrogen-bond acceptors (Lipinski definition) is 5. The topological polar surface area (TPSA) is 72.2 Å². The lowest BCUT2D eigenvalue weighted by molar-refractivity contribution is -0.121. The van der Waals surface area contributed by atoms with Crippen LogP contribution in [0.15, 0.2) is 5.16 Å². The quantitative estimate of drug-likeness (QED) is 0.861. The first-order chi connectivity index (χ1) is 11.5. The first-order valence-corrected chi connectivity index (χ1v) is 9.76. The van der Waals surface area contributed by atoms with Gasteiger partial charge in [-0.05, 0) is 51.7 Å². The maximum absolute atomic E-state index is 12.5. The molecule has 1 aliphatic rings. The van der Waals surface area contributed by atoms with Gasteiger partial charge < -0.3 is 5.32 Å².